The number of nitro benzene ring substituents is 1. The predicted molar refractivity (Wildman–Crippen MR) is 161 cm³/mol. The Hall–Kier alpha value is -2.84. The van der Waals surface area contributed by atoms with Crippen molar-refractivity contribution in [3.8, 4) is 0 Å². The average molecular weight is 525 g/mol. The number of benzene rings is 2. The topological polar surface area (TPSA) is 82.1 Å². The van der Waals surface area contributed by atoms with E-state index >= 15 is 0 Å². The summed E-state index contributed by atoms with van der Waals surface area (Å²) in [5.74, 6) is 1.32. The molecule has 2 fully saturated rings. The summed E-state index contributed by atoms with van der Waals surface area (Å²) in [6.07, 6.45) is 7.14. The second kappa shape index (κ2) is 13.8. The van der Waals surface area contributed by atoms with Crippen LogP contribution in [0.2, 0.25) is 0 Å². The first-order chi connectivity index (χ1) is 18.1. The minimum absolute atomic E-state index is 0.238. The summed E-state index contributed by atoms with van der Waals surface area (Å²) in [7, 11) is 12.3. The van der Waals surface area contributed by atoms with E-state index in [1.54, 1.807) is 6.07 Å². The molecule has 38 heavy (non-hydrogen) atoms. The summed E-state index contributed by atoms with van der Waals surface area (Å²) in [6, 6.07) is 12.3. The lowest BCUT2D eigenvalue weighted by Crippen LogP contribution is -2.24. The molecule has 8 heteroatoms. The van der Waals surface area contributed by atoms with Crippen molar-refractivity contribution in [3.63, 3.8) is 0 Å². The normalized spacial score (nSPS) is 14.8. The predicted octanol–water partition coefficient (Wildman–Crippen LogP) is 5.39. The Morgan fingerprint density at radius 1 is 0.737 bits per heavy atom. The van der Waals surface area contributed by atoms with Gasteiger partial charge >= 0.3 is 0 Å². The number of nitro groups is 1. The Morgan fingerprint density at radius 2 is 1.18 bits per heavy atom. The zero-order chi connectivity index (χ0) is 27.8. The lowest BCUT2D eigenvalue weighted by Gasteiger charge is -2.22. The van der Waals surface area contributed by atoms with Gasteiger partial charge in [-0.15, -0.1) is 0 Å². The van der Waals surface area contributed by atoms with Crippen LogP contribution in [0.5, 0.6) is 0 Å². The molecule has 0 radical (unpaired) electrons. The molecule has 2 aromatic carbocycles. The van der Waals surface area contributed by atoms with E-state index in [0.29, 0.717) is 5.92 Å². The molecule has 0 saturated heterocycles. The van der Waals surface area contributed by atoms with Gasteiger partial charge in [0.15, 0.2) is 0 Å². The van der Waals surface area contributed by atoms with Crippen molar-refractivity contribution in [2.75, 3.05) is 84.0 Å². The fourth-order valence-electron chi connectivity index (χ4n) is 4.76. The first kappa shape index (κ1) is 29.7. The molecule has 2 aromatic rings. The van der Waals surface area contributed by atoms with Crippen LogP contribution in [-0.2, 0) is 0 Å². The summed E-state index contributed by atoms with van der Waals surface area (Å²) in [4.78, 5) is 19.6. The molecule has 0 heterocycles. The SMILES string of the molecule is CN(C)CCCN(C)c1ccc(C2CC2)cc1N.CN(C)CCCN(C)c1ccc(C2CC2)cc1[N+](=O)[O-]. The Balaban J connectivity index is 0.000000212. The molecule has 8 nitrogen and oxygen atoms in total. The molecule has 2 aliphatic rings. The van der Waals surface area contributed by atoms with Gasteiger partial charge in [-0.2, -0.15) is 0 Å². The van der Waals surface area contributed by atoms with E-state index in [9.17, 15) is 10.1 Å². The first-order valence-corrected chi connectivity index (χ1v) is 14.0. The highest BCUT2D eigenvalue weighted by atomic mass is 16.6. The molecule has 210 valence electrons. The second-order valence-corrected chi connectivity index (χ2v) is 11.5. The van der Waals surface area contributed by atoms with Crippen molar-refractivity contribution >= 4 is 22.7 Å². The molecular formula is C30H48N6O2. The van der Waals surface area contributed by atoms with E-state index in [0.717, 1.165) is 80.4 Å². The van der Waals surface area contributed by atoms with Crippen LogP contribution < -0.4 is 15.5 Å². The number of hydrogen-bond donors (Lipinski definition) is 1. The Morgan fingerprint density at radius 3 is 1.61 bits per heavy atom. The Kier molecular flexibility index (Phi) is 10.8. The zero-order valence-corrected chi connectivity index (χ0v) is 24.3. The maximum absolute atomic E-state index is 11.3. The van der Waals surface area contributed by atoms with Crippen molar-refractivity contribution in [1.29, 1.82) is 0 Å². The van der Waals surface area contributed by atoms with E-state index in [-0.39, 0.29) is 10.6 Å². The first-order valence-electron chi connectivity index (χ1n) is 14.0. The smallest absolute Gasteiger partial charge is 0.292 e. The molecule has 2 N–H and O–H groups in total. The van der Waals surface area contributed by atoms with Crippen LogP contribution in [0, 0.1) is 10.1 Å². The molecule has 0 aromatic heterocycles. The van der Waals surface area contributed by atoms with Crippen LogP contribution in [0.4, 0.5) is 22.7 Å². The molecule has 2 saturated carbocycles. The molecule has 0 unspecified atom stereocenters. The molecule has 0 aliphatic heterocycles. The highest BCUT2D eigenvalue weighted by molar-refractivity contribution is 5.68. The van der Waals surface area contributed by atoms with Gasteiger partial charge < -0.3 is 25.3 Å². The molecule has 0 spiro atoms. The van der Waals surface area contributed by atoms with Crippen LogP contribution in [0.25, 0.3) is 0 Å². The van der Waals surface area contributed by atoms with Gasteiger partial charge in [0.1, 0.15) is 5.69 Å². The van der Waals surface area contributed by atoms with Gasteiger partial charge in [-0.25, -0.2) is 0 Å². The quantitative estimate of drug-likeness (QED) is 0.214. The van der Waals surface area contributed by atoms with E-state index < -0.39 is 0 Å². The third-order valence-corrected chi connectivity index (χ3v) is 7.37. The summed E-state index contributed by atoms with van der Waals surface area (Å²) in [5, 5.41) is 11.3. The van der Waals surface area contributed by atoms with Gasteiger partial charge in [0.2, 0.25) is 0 Å². The average Bonchev–Trinajstić information content (AvgIpc) is 3.76. The summed E-state index contributed by atoms with van der Waals surface area (Å²) in [5.41, 5.74) is 11.7. The largest absolute Gasteiger partial charge is 0.397 e. The van der Waals surface area contributed by atoms with Gasteiger partial charge in [-0.1, -0.05) is 12.1 Å². The minimum atomic E-state index is -0.260. The number of nitrogens with two attached hydrogens (primary N) is 1. The van der Waals surface area contributed by atoms with Crippen molar-refractivity contribution in [2.24, 2.45) is 0 Å². The summed E-state index contributed by atoms with van der Waals surface area (Å²) in [6.45, 7) is 3.97. The highest BCUT2D eigenvalue weighted by Crippen LogP contribution is 2.43. The number of rotatable bonds is 13. The van der Waals surface area contributed by atoms with Crippen LogP contribution in [0.15, 0.2) is 36.4 Å². The summed E-state index contributed by atoms with van der Waals surface area (Å²) < 4.78 is 0. The molecule has 0 amide bonds. The van der Waals surface area contributed by atoms with E-state index in [1.807, 2.05) is 38.2 Å². The molecule has 0 bridgehead atoms. The van der Waals surface area contributed by atoms with Gasteiger partial charge in [0, 0.05) is 33.3 Å². The fourth-order valence-corrected chi connectivity index (χ4v) is 4.76. The van der Waals surface area contributed by atoms with Gasteiger partial charge in [-0.05, 0) is 121 Å². The van der Waals surface area contributed by atoms with Crippen molar-refractivity contribution in [3.05, 3.63) is 57.6 Å². The van der Waals surface area contributed by atoms with E-state index in [2.05, 4.69) is 54.0 Å². The highest BCUT2D eigenvalue weighted by Gasteiger charge is 2.27. The second-order valence-electron chi connectivity index (χ2n) is 11.5. The molecule has 4 rings (SSSR count). The monoisotopic (exact) mass is 524 g/mol. The van der Waals surface area contributed by atoms with Crippen molar-refractivity contribution in [1.82, 2.24) is 9.80 Å². The lowest BCUT2D eigenvalue weighted by atomic mass is 10.1. The molecule has 2 aliphatic carbocycles. The van der Waals surface area contributed by atoms with E-state index in [1.165, 1.54) is 18.4 Å². The number of nitrogens with zero attached hydrogens (tertiary/aromatic N) is 5. The van der Waals surface area contributed by atoms with Crippen LogP contribution in [-0.4, -0.2) is 83.2 Å². The number of hydrogen-bond acceptors (Lipinski definition) is 7. The summed E-state index contributed by atoms with van der Waals surface area (Å²) >= 11 is 0. The molecule has 0 atom stereocenters. The third-order valence-electron chi connectivity index (χ3n) is 7.37. The minimum Gasteiger partial charge on any atom is -0.397 e. The van der Waals surface area contributed by atoms with Crippen molar-refractivity contribution in [2.45, 2.75) is 50.4 Å². The van der Waals surface area contributed by atoms with Gasteiger partial charge in [0.25, 0.3) is 5.69 Å². The van der Waals surface area contributed by atoms with Gasteiger partial charge in [0.05, 0.1) is 16.3 Å². The van der Waals surface area contributed by atoms with Crippen LogP contribution in [0.3, 0.4) is 0 Å². The van der Waals surface area contributed by atoms with Crippen LogP contribution >= 0.6 is 0 Å². The maximum atomic E-state index is 11.3. The standard InChI is InChI=1S/C15H23N3O2.C15H25N3/c1-16(2)9-4-10-17(3)14-8-7-13(12-5-6-12)11-15(14)18(19)20;1-17(2)9-4-10-18(3)15-8-7-13(11-14(15)16)12-5-6-12/h7-8,11-12H,4-6,9-10H2,1-3H3;7-8,11-12H,4-6,9-10,16H2,1-3H3. The number of anilines is 3. The third kappa shape index (κ3) is 9.17. The van der Waals surface area contributed by atoms with Gasteiger partial charge in [-0.3, -0.25) is 10.1 Å². The molecular weight excluding hydrogens is 476 g/mol. The zero-order valence-electron chi connectivity index (χ0n) is 24.3. The van der Waals surface area contributed by atoms with Crippen molar-refractivity contribution < 1.29 is 4.92 Å². The van der Waals surface area contributed by atoms with Crippen LogP contribution in [0.1, 0.15) is 61.5 Å². The fraction of sp³-hybridized carbons (Fsp3) is 0.600. The van der Waals surface area contributed by atoms with E-state index in [4.69, 9.17) is 5.73 Å². The lowest BCUT2D eigenvalue weighted by molar-refractivity contribution is -0.384. The number of nitrogen functional groups attached to an aromatic ring is 1. The maximum Gasteiger partial charge on any atom is 0.292 e. The Labute approximate surface area is 229 Å². The Bertz CT molecular complexity index is 1050.